The van der Waals surface area contributed by atoms with Gasteiger partial charge >= 0.3 is 0 Å². The van der Waals surface area contributed by atoms with Crippen molar-refractivity contribution >= 4 is 5.91 Å². The molecule has 4 heteroatoms. The van der Waals surface area contributed by atoms with Crippen LogP contribution in [0, 0.1) is 5.92 Å². The van der Waals surface area contributed by atoms with Crippen molar-refractivity contribution in [1.82, 2.24) is 10.6 Å². The van der Waals surface area contributed by atoms with Crippen molar-refractivity contribution < 1.29 is 9.53 Å². The van der Waals surface area contributed by atoms with Crippen LogP contribution in [0.4, 0.5) is 0 Å². The smallest absolute Gasteiger partial charge is 0.251 e. The van der Waals surface area contributed by atoms with E-state index in [9.17, 15) is 4.79 Å². The molecule has 1 amide bonds. The minimum absolute atomic E-state index is 0.0647. The third kappa shape index (κ3) is 2.83. The number of rotatable bonds is 3. The second-order valence-corrected chi connectivity index (χ2v) is 6.07. The zero-order chi connectivity index (χ0) is 14.8. The SMILES string of the molecule is CNC(c1ccc2c(c1)C(=O)NCCC2)C1CCOC1C. The van der Waals surface area contributed by atoms with E-state index in [4.69, 9.17) is 4.74 Å². The van der Waals surface area contributed by atoms with Gasteiger partial charge in [-0.25, -0.2) is 0 Å². The van der Waals surface area contributed by atoms with Crippen LogP contribution in [0.25, 0.3) is 0 Å². The van der Waals surface area contributed by atoms with E-state index in [1.54, 1.807) is 0 Å². The van der Waals surface area contributed by atoms with E-state index < -0.39 is 0 Å². The largest absolute Gasteiger partial charge is 0.378 e. The van der Waals surface area contributed by atoms with Gasteiger partial charge in [0.2, 0.25) is 0 Å². The van der Waals surface area contributed by atoms with Crippen LogP contribution in [0.15, 0.2) is 18.2 Å². The third-order valence-corrected chi connectivity index (χ3v) is 4.82. The summed E-state index contributed by atoms with van der Waals surface area (Å²) in [6.45, 7) is 3.74. The number of fused-ring (bicyclic) bond motifs is 1. The molecule has 3 rings (SSSR count). The van der Waals surface area contributed by atoms with Gasteiger partial charge in [-0.2, -0.15) is 0 Å². The van der Waals surface area contributed by atoms with E-state index in [1.807, 2.05) is 7.05 Å². The Morgan fingerprint density at radius 1 is 1.43 bits per heavy atom. The van der Waals surface area contributed by atoms with E-state index in [1.165, 1.54) is 11.1 Å². The lowest BCUT2D eigenvalue weighted by Crippen LogP contribution is -2.30. The summed E-state index contributed by atoms with van der Waals surface area (Å²) in [5.41, 5.74) is 3.20. The lowest BCUT2D eigenvalue weighted by molar-refractivity contribution is 0.0954. The maximum atomic E-state index is 12.2. The van der Waals surface area contributed by atoms with Crippen molar-refractivity contribution in [2.45, 2.75) is 38.3 Å². The molecule has 1 aromatic rings. The summed E-state index contributed by atoms with van der Waals surface area (Å²) in [6.07, 6.45) is 3.31. The Labute approximate surface area is 126 Å². The molecule has 1 aromatic carbocycles. The molecular weight excluding hydrogens is 264 g/mol. The summed E-state index contributed by atoms with van der Waals surface area (Å²) in [6, 6.07) is 6.61. The highest BCUT2D eigenvalue weighted by atomic mass is 16.5. The molecule has 0 aliphatic carbocycles. The van der Waals surface area contributed by atoms with Crippen molar-refractivity contribution in [2.75, 3.05) is 20.2 Å². The Hall–Kier alpha value is -1.39. The summed E-state index contributed by atoms with van der Waals surface area (Å²) in [4.78, 5) is 12.2. The fourth-order valence-corrected chi connectivity index (χ4v) is 3.61. The Balaban J connectivity index is 1.92. The lowest BCUT2D eigenvalue weighted by atomic mass is 9.86. The monoisotopic (exact) mass is 288 g/mol. The fourth-order valence-electron chi connectivity index (χ4n) is 3.61. The van der Waals surface area contributed by atoms with Gasteiger partial charge in [0.1, 0.15) is 0 Å². The molecule has 114 valence electrons. The van der Waals surface area contributed by atoms with Gasteiger partial charge in [-0.15, -0.1) is 0 Å². The normalized spacial score (nSPS) is 26.9. The molecule has 3 atom stereocenters. The number of carbonyl (C=O) groups excluding carboxylic acids is 1. The van der Waals surface area contributed by atoms with Crippen molar-refractivity contribution in [2.24, 2.45) is 5.92 Å². The summed E-state index contributed by atoms with van der Waals surface area (Å²) < 4.78 is 5.70. The van der Waals surface area contributed by atoms with E-state index in [-0.39, 0.29) is 18.1 Å². The van der Waals surface area contributed by atoms with Gasteiger partial charge < -0.3 is 15.4 Å². The second-order valence-electron chi connectivity index (χ2n) is 6.07. The molecule has 0 saturated carbocycles. The van der Waals surface area contributed by atoms with E-state index in [0.29, 0.717) is 5.92 Å². The molecule has 1 fully saturated rings. The van der Waals surface area contributed by atoms with E-state index >= 15 is 0 Å². The summed E-state index contributed by atoms with van der Waals surface area (Å²) in [5.74, 6) is 0.525. The molecule has 4 nitrogen and oxygen atoms in total. The number of hydrogen-bond acceptors (Lipinski definition) is 3. The first kappa shape index (κ1) is 14.5. The molecule has 2 heterocycles. The lowest BCUT2D eigenvalue weighted by Gasteiger charge is -2.26. The van der Waals surface area contributed by atoms with Crippen LogP contribution in [0.5, 0.6) is 0 Å². The molecule has 0 aromatic heterocycles. The number of benzene rings is 1. The van der Waals surface area contributed by atoms with Gasteiger partial charge in [-0.1, -0.05) is 12.1 Å². The van der Waals surface area contributed by atoms with Crippen molar-refractivity contribution in [1.29, 1.82) is 0 Å². The zero-order valence-electron chi connectivity index (χ0n) is 12.8. The van der Waals surface area contributed by atoms with Gasteiger partial charge in [-0.3, -0.25) is 4.79 Å². The highest BCUT2D eigenvalue weighted by Crippen LogP contribution is 2.34. The minimum atomic E-state index is 0.0647. The van der Waals surface area contributed by atoms with Gasteiger partial charge in [0.15, 0.2) is 0 Å². The predicted molar refractivity (Wildman–Crippen MR) is 82.4 cm³/mol. The first-order valence-corrected chi connectivity index (χ1v) is 7.90. The Kier molecular flexibility index (Phi) is 4.27. The van der Waals surface area contributed by atoms with Crippen LogP contribution in [0.1, 0.15) is 47.3 Å². The number of nitrogens with one attached hydrogen (secondary N) is 2. The molecule has 3 unspecified atom stereocenters. The fraction of sp³-hybridized carbons (Fsp3) is 0.588. The number of amides is 1. The molecule has 0 bridgehead atoms. The Morgan fingerprint density at radius 2 is 2.29 bits per heavy atom. The van der Waals surface area contributed by atoms with Crippen LogP contribution in [0.3, 0.4) is 0 Å². The molecule has 21 heavy (non-hydrogen) atoms. The number of ether oxygens (including phenoxy) is 1. The highest BCUT2D eigenvalue weighted by Gasteiger charge is 2.32. The topological polar surface area (TPSA) is 50.4 Å². The van der Waals surface area contributed by atoms with Gasteiger partial charge in [0.05, 0.1) is 6.10 Å². The molecule has 0 spiro atoms. The first-order chi connectivity index (χ1) is 10.2. The highest BCUT2D eigenvalue weighted by molar-refractivity contribution is 5.96. The summed E-state index contributed by atoms with van der Waals surface area (Å²) >= 11 is 0. The molecule has 0 radical (unpaired) electrons. The molecule has 1 saturated heterocycles. The molecular formula is C17H24N2O2. The maximum absolute atomic E-state index is 12.2. The Bertz CT molecular complexity index is 530. The number of aryl methyl sites for hydroxylation is 1. The maximum Gasteiger partial charge on any atom is 0.251 e. The summed E-state index contributed by atoms with van der Waals surface area (Å²) in [7, 11) is 1.99. The number of hydrogen-bond donors (Lipinski definition) is 2. The number of carbonyl (C=O) groups is 1. The average molecular weight is 288 g/mol. The van der Waals surface area contributed by atoms with E-state index in [0.717, 1.165) is 38.0 Å². The molecule has 2 aliphatic rings. The van der Waals surface area contributed by atoms with Gasteiger partial charge in [-0.05, 0) is 50.4 Å². The van der Waals surface area contributed by atoms with Crippen LogP contribution >= 0.6 is 0 Å². The van der Waals surface area contributed by atoms with E-state index in [2.05, 4.69) is 35.8 Å². The summed E-state index contributed by atoms with van der Waals surface area (Å²) in [5, 5.41) is 6.40. The van der Waals surface area contributed by atoms with Crippen molar-refractivity contribution in [3.63, 3.8) is 0 Å². The average Bonchev–Trinajstić information content (AvgIpc) is 2.82. The predicted octanol–water partition coefficient (Wildman–Crippen LogP) is 2.05. The molecule has 2 aliphatic heterocycles. The van der Waals surface area contributed by atoms with Crippen LogP contribution < -0.4 is 10.6 Å². The van der Waals surface area contributed by atoms with Crippen molar-refractivity contribution in [3.8, 4) is 0 Å². The van der Waals surface area contributed by atoms with Crippen LogP contribution in [0.2, 0.25) is 0 Å². The third-order valence-electron chi connectivity index (χ3n) is 4.82. The van der Waals surface area contributed by atoms with Crippen LogP contribution in [-0.4, -0.2) is 32.2 Å². The standard InChI is InChI=1S/C17H24N2O2/c1-11-14(7-9-21-11)16(18-2)13-6-5-12-4-3-8-19-17(20)15(12)10-13/h5-6,10-11,14,16,18H,3-4,7-9H2,1-2H3,(H,19,20). The minimum Gasteiger partial charge on any atom is -0.378 e. The molecule has 2 N–H and O–H groups in total. The second kappa shape index (κ2) is 6.16. The van der Waals surface area contributed by atoms with Gasteiger partial charge in [0, 0.05) is 30.7 Å². The quantitative estimate of drug-likeness (QED) is 0.895. The Morgan fingerprint density at radius 3 is 3.00 bits per heavy atom. The zero-order valence-corrected chi connectivity index (χ0v) is 12.8. The van der Waals surface area contributed by atoms with Crippen molar-refractivity contribution in [3.05, 3.63) is 34.9 Å². The van der Waals surface area contributed by atoms with Gasteiger partial charge in [0.25, 0.3) is 5.91 Å². The first-order valence-electron chi connectivity index (χ1n) is 7.90. The van der Waals surface area contributed by atoms with Crippen LogP contribution in [-0.2, 0) is 11.2 Å².